The van der Waals surface area contributed by atoms with Gasteiger partial charge in [0.05, 0.1) is 35.6 Å². The second-order valence-electron chi connectivity index (χ2n) is 13.6. The van der Waals surface area contributed by atoms with Crippen LogP contribution in [-0.4, -0.2) is 38.2 Å². The number of rotatable bonds is 11. The number of ketones is 2. The minimum Gasteiger partial charge on any atom is -0.495 e. The van der Waals surface area contributed by atoms with Crippen molar-refractivity contribution >= 4 is 45.1 Å². The van der Waals surface area contributed by atoms with Gasteiger partial charge in [-0.1, -0.05) is 91.0 Å². The van der Waals surface area contributed by atoms with E-state index < -0.39 is 0 Å². The van der Waals surface area contributed by atoms with Gasteiger partial charge in [-0.25, -0.2) is 9.36 Å². The fourth-order valence-corrected chi connectivity index (χ4v) is 6.78. The molecule has 59 heavy (non-hydrogen) atoms. The maximum absolute atomic E-state index is 13.2. The number of ether oxygens (including phenoxy) is 1. The molecule has 5 aromatic carbocycles. The highest BCUT2D eigenvalue weighted by Gasteiger charge is 2.24. The summed E-state index contributed by atoms with van der Waals surface area (Å²) < 4.78 is 8.12. The van der Waals surface area contributed by atoms with E-state index in [4.69, 9.17) is 4.74 Å². The molecular weight excluding hydrogens is 743 g/mol. The molecule has 0 amide bonds. The molecule has 0 radical (unpaired) electrons. The van der Waals surface area contributed by atoms with Crippen LogP contribution >= 0.6 is 0 Å². The predicted molar refractivity (Wildman–Crippen MR) is 232 cm³/mol. The van der Waals surface area contributed by atoms with E-state index in [1.165, 1.54) is 23.2 Å². The van der Waals surface area contributed by atoms with Crippen LogP contribution in [0.3, 0.4) is 0 Å². The lowest BCUT2D eigenvalue weighted by Gasteiger charge is -2.17. The number of aromatic nitrogens is 4. The summed E-state index contributed by atoms with van der Waals surface area (Å²) in [5, 5.41) is 26.3. The van der Waals surface area contributed by atoms with Crippen LogP contribution in [0.1, 0.15) is 59.5 Å². The Labute approximate surface area is 341 Å². The van der Waals surface area contributed by atoms with E-state index in [2.05, 4.69) is 26.9 Å². The SMILES string of the molecule is CCn1nc(-c2ccccc2)c(C(C)=O)c(Nc2cc(C)ccc2OC)c1=O.CCn1nc(-c2ccccc2)c(C(C)=O)c(Nc2ccc(C#N)c3ccccc23)c1=O. The highest BCUT2D eigenvalue weighted by molar-refractivity contribution is 6.07. The first kappa shape index (κ1) is 41.0. The molecule has 0 spiro atoms. The number of carbonyl (C=O) groups excluding carboxylic acids is 2. The summed E-state index contributed by atoms with van der Waals surface area (Å²) in [7, 11) is 1.56. The van der Waals surface area contributed by atoms with E-state index in [0.717, 1.165) is 27.5 Å². The van der Waals surface area contributed by atoms with Gasteiger partial charge in [-0.05, 0) is 64.4 Å². The van der Waals surface area contributed by atoms with E-state index in [1.807, 2.05) is 124 Å². The molecule has 0 fully saturated rings. The summed E-state index contributed by atoms with van der Waals surface area (Å²) in [6.07, 6.45) is 0. The molecule has 2 heterocycles. The van der Waals surface area contributed by atoms with Crippen LogP contribution < -0.4 is 26.5 Å². The smallest absolute Gasteiger partial charge is 0.291 e. The number of hydrogen-bond acceptors (Lipinski definition) is 10. The quantitative estimate of drug-likeness (QED) is 0.121. The number of fused-ring (bicyclic) bond motifs is 1. The molecule has 0 saturated carbocycles. The van der Waals surface area contributed by atoms with Crippen molar-refractivity contribution in [2.45, 2.75) is 47.7 Å². The molecular formula is C47H43N7O5. The van der Waals surface area contributed by atoms with Crippen LogP contribution in [-0.2, 0) is 13.1 Å². The van der Waals surface area contributed by atoms with Gasteiger partial charge in [-0.3, -0.25) is 19.2 Å². The summed E-state index contributed by atoms with van der Waals surface area (Å²) in [6.45, 7) is 9.24. The number of nitriles is 1. The Balaban J connectivity index is 0.000000199. The molecule has 0 bridgehead atoms. The van der Waals surface area contributed by atoms with Crippen LogP contribution in [0.25, 0.3) is 33.3 Å². The number of hydrogen-bond donors (Lipinski definition) is 2. The van der Waals surface area contributed by atoms with Gasteiger partial charge in [0.25, 0.3) is 11.1 Å². The van der Waals surface area contributed by atoms with Gasteiger partial charge >= 0.3 is 0 Å². The average molecular weight is 786 g/mol. The Hall–Kier alpha value is -7.65. The summed E-state index contributed by atoms with van der Waals surface area (Å²) in [5.41, 5.74) is 5.42. The number of anilines is 4. The van der Waals surface area contributed by atoms with Crippen molar-refractivity contribution in [1.82, 2.24) is 19.6 Å². The van der Waals surface area contributed by atoms with Gasteiger partial charge in [0.15, 0.2) is 11.6 Å². The Morgan fingerprint density at radius 2 is 1.14 bits per heavy atom. The molecule has 0 aliphatic rings. The molecule has 2 aromatic heterocycles. The molecule has 0 saturated heterocycles. The molecule has 0 atom stereocenters. The summed E-state index contributed by atoms with van der Waals surface area (Å²) in [6, 6.07) is 37.4. The van der Waals surface area contributed by atoms with Gasteiger partial charge in [0.1, 0.15) is 28.5 Å². The molecule has 0 unspecified atom stereocenters. The molecule has 0 aliphatic carbocycles. The van der Waals surface area contributed by atoms with Crippen molar-refractivity contribution in [3.8, 4) is 34.3 Å². The lowest BCUT2D eigenvalue weighted by Crippen LogP contribution is -2.28. The zero-order chi connectivity index (χ0) is 42.2. The summed E-state index contributed by atoms with van der Waals surface area (Å²) in [5.74, 6) is 0.0913. The van der Waals surface area contributed by atoms with Gasteiger partial charge in [-0.15, -0.1) is 0 Å². The van der Waals surface area contributed by atoms with Crippen molar-refractivity contribution in [2.75, 3.05) is 17.7 Å². The second kappa shape index (κ2) is 18.1. The topological polar surface area (TPSA) is 161 Å². The molecule has 12 heteroatoms. The van der Waals surface area contributed by atoms with Crippen LogP contribution in [0.15, 0.2) is 125 Å². The molecule has 0 aliphatic heterocycles. The zero-order valence-corrected chi connectivity index (χ0v) is 33.7. The van der Waals surface area contributed by atoms with Gasteiger partial charge in [0, 0.05) is 40.7 Å². The van der Waals surface area contributed by atoms with Crippen molar-refractivity contribution < 1.29 is 14.3 Å². The largest absolute Gasteiger partial charge is 0.495 e. The van der Waals surface area contributed by atoms with Gasteiger partial charge in [-0.2, -0.15) is 15.5 Å². The third-order valence-electron chi connectivity index (χ3n) is 9.63. The lowest BCUT2D eigenvalue weighted by molar-refractivity contribution is 0.101. The lowest BCUT2D eigenvalue weighted by atomic mass is 10.0. The van der Waals surface area contributed by atoms with Crippen LogP contribution in [0.2, 0.25) is 0 Å². The standard InChI is InChI=1S/C25H20N4O2.C22H23N3O3/c1-3-29-25(31)24(22(16(2)30)23(28-29)17-9-5-4-6-10-17)27-21-14-13-18(15-26)19-11-7-8-12-20(19)21;1-5-25-22(27)21(23-17-13-14(2)11-12-18(17)28-4)19(15(3)26)20(24-25)16-9-7-6-8-10-16/h4-14,27H,3H2,1-2H3;6-13,23H,5H2,1-4H3. The van der Waals surface area contributed by atoms with Crippen LogP contribution in [0, 0.1) is 18.3 Å². The second-order valence-corrected chi connectivity index (χ2v) is 13.6. The molecule has 7 rings (SSSR count). The number of aryl methyl sites for hydroxylation is 3. The summed E-state index contributed by atoms with van der Waals surface area (Å²) >= 11 is 0. The maximum atomic E-state index is 13.2. The molecule has 12 nitrogen and oxygen atoms in total. The van der Waals surface area contributed by atoms with E-state index in [9.17, 15) is 24.4 Å². The average Bonchev–Trinajstić information content (AvgIpc) is 3.25. The summed E-state index contributed by atoms with van der Waals surface area (Å²) in [4.78, 5) is 51.5. The van der Waals surface area contributed by atoms with E-state index in [1.54, 1.807) is 19.2 Å². The molecule has 7 aromatic rings. The number of benzene rings is 5. The first-order chi connectivity index (χ1) is 28.5. The van der Waals surface area contributed by atoms with Crippen molar-refractivity contribution in [3.05, 3.63) is 158 Å². The van der Waals surface area contributed by atoms with E-state index >= 15 is 0 Å². The monoisotopic (exact) mass is 785 g/mol. The zero-order valence-electron chi connectivity index (χ0n) is 33.7. The Bertz CT molecular complexity index is 2860. The number of carbonyl (C=O) groups is 2. The minimum absolute atomic E-state index is 0.179. The van der Waals surface area contributed by atoms with Crippen LogP contribution in [0.4, 0.5) is 22.7 Å². The van der Waals surface area contributed by atoms with Crippen LogP contribution in [0.5, 0.6) is 5.75 Å². The highest BCUT2D eigenvalue weighted by atomic mass is 16.5. The number of methoxy groups -OCH3 is 1. The number of nitrogens with one attached hydrogen (secondary N) is 2. The predicted octanol–water partition coefficient (Wildman–Crippen LogP) is 9.09. The van der Waals surface area contributed by atoms with E-state index in [0.29, 0.717) is 47.2 Å². The number of nitrogens with zero attached hydrogens (tertiary/aromatic N) is 5. The normalized spacial score (nSPS) is 10.6. The van der Waals surface area contributed by atoms with Crippen molar-refractivity contribution in [3.63, 3.8) is 0 Å². The Kier molecular flexibility index (Phi) is 12.6. The maximum Gasteiger partial charge on any atom is 0.291 e. The van der Waals surface area contributed by atoms with Crippen molar-refractivity contribution in [1.29, 1.82) is 5.26 Å². The number of Topliss-reactive ketones (excluding diaryl/α,β-unsaturated/α-hetero) is 2. The van der Waals surface area contributed by atoms with Gasteiger partial charge in [0.2, 0.25) is 0 Å². The van der Waals surface area contributed by atoms with Gasteiger partial charge < -0.3 is 15.4 Å². The highest BCUT2D eigenvalue weighted by Crippen LogP contribution is 2.34. The fraction of sp³-hybridized carbons (Fsp3) is 0.170. The first-order valence-electron chi connectivity index (χ1n) is 19.0. The molecule has 296 valence electrons. The fourth-order valence-electron chi connectivity index (χ4n) is 6.78. The van der Waals surface area contributed by atoms with E-state index in [-0.39, 0.29) is 45.2 Å². The Morgan fingerprint density at radius 3 is 1.59 bits per heavy atom. The first-order valence-corrected chi connectivity index (χ1v) is 19.0. The Morgan fingerprint density at radius 1 is 0.661 bits per heavy atom. The minimum atomic E-state index is -0.374. The third kappa shape index (κ3) is 8.55. The third-order valence-corrected chi connectivity index (χ3v) is 9.63. The van der Waals surface area contributed by atoms with Crippen molar-refractivity contribution in [2.24, 2.45) is 0 Å². The molecule has 2 N–H and O–H groups in total.